The van der Waals surface area contributed by atoms with Crippen LogP contribution in [0.25, 0.3) is 0 Å². The van der Waals surface area contributed by atoms with Crippen LogP contribution in [0, 0.1) is 20.8 Å². The molecule has 1 atom stereocenters. The van der Waals surface area contributed by atoms with Gasteiger partial charge in [-0.25, -0.2) is 0 Å². The van der Waals surface area contributed by atoms with E-state index in [4.69, 9.17) is 0 Å². The number of amides is 3. The fraction of sp³-hybridized carbons (Fsp3) is 0.550. The Labute approximate surface area is 161 Å². The Bertz CT molecular complexity index is 665. The van der Waals surface area contributed by atoms with Gasteiger partial charge < -0.3 is 16.0 Å². The maximum atomic E-state index is 12.3. The molecule has 7 nitrogen and oxygen atoms in total. The number of hydrogen-bond acceptors (Lipinski definition) is 4. The normalized spacial score (nSPS) is 11.8. The van der Waals surface area contributed by atoms with E-state index >= 15 is 0 Å². The van der Waals surface area contributed by atoms with Crippen molar-refractivity contribution < 1.29 is 14.4 Å². The number of hydrogen-bond donors (Lipinski definition) is 3. The van der Waals surface area contributed by atoms with Gasteiger partial charge in [0.1, 0.15) is 6.04 Å². The third kappa shape index (κ3) is 7.78. The van der Waals surface area contributed by atoms with Gasteiger partial charge in [-0.3, -0.25) is 19.3 Å². The second kappa shape index (κ2) is 10.7. The minimum Gasteiger partial charge on any atom is -0.354 e. The van der Waals surface area contributed by atoms with Crippen LogP contribution in [0.1, 0.15) is 37.0 Å². The molecule has 0 unspecified atom stereocenters. The number of rotatable bonds is 9. The highest BCUT2D eigenvalue weighted by Gasteiger charge is 2.17. The summed E-state index contributed by atoms with van der Waals surface area (Å²) in [5.41, 5.74) is 3.97. The lowest BCUT2D eigenvalue weighted by atomic mass is 10.1. The molecule has 0 radical (unpaired) electrons. The van der Waals surface area contributed by atoms with Gasteiger partial charge >= 0.3 is 0 Å². The standard InChI is InChI=1S/C20H32N4O3/c1-7-8-21-20(27)16(5)22-17(25)11-24(6)12-18(26)23-19-14(3)9-13(2)10-15(19)4/h9-10,16H,7-8,11-12H2,1-6H3,(H,21,27)(H,22,25)(H,23,26)/t16-/m1/s1. The molecular formula is C20H32N4O3. The highest BCUT2D eigenvalue weighted by Crippen LogP contribution is 2.21. The third-order valence-electron chi connectivity index (χ3n) is 4.09. The molecule has 0 aliphatic rings. The Morgan fingerprint density at radius 1 is 1.04 bits per heavy atom. The SMILES string of the molecule is CCCNC(=O)[C@@H](C)NC(=O)CN(C)CC(=O)Nc1c(C)cc(C)cc1C. The molecule has 1 aromatic carbocycles. The quantitative estimate of drug-likeness (QED) is 0.609. The number of carbonyl (C=O) groups is 3. The molecule has 0 heterocycles. The lowest BCUT2D eigenvalue weighted by molar-refractivity contribution is -0.129. The number of anilines is 1. The monoisotopic (exact) mass is 376 g/mol. The van der Waals surface area contributed by atoms with Gasteiger partial charge in [0.2, 0.25) is 17.7 Å². The van der Waals surface area contributed by atoms with Crippen LogP contribution in [0.3, 0.4) is 0 Å². The number of likely N-dealkylation sites (N-methyl/N-ethyl adjacent to an activating group) is 1. The van der Waals surface area contributed by atoms with E-state index in [0.717, 1.165) is 28.8 Å². The second-order valence-corrected chi connectivity index (χ2v) is 7.07. The predicted octanol–water partition coefficient (Wildman–Crippen LogP) is 1.51. The van der Waals surface area contributed by atoms with Crippen LogP contribution in [0.4, 0.5) is 5.69 Å². The molecular weight excluding hydrogens is 344 g/mol. The van der Waals surface area contributed by atoms with Crippen LogP contribution in [-0.4, -0.2) is 55.3 Å². The smallest absolute Gasteiger partial charge is 0.242 e. The van der Waals surface area contributed by atoms with Crippen LogP contribution in [0.15, 0.2) is 12.1 Å². The minimum absolute atomic E-state index is 0.0324. The number of nitrogens with one attached hydrogen (secondary N) is 3. The predicted molar refractivity (Wildman–Crippen MR) is 108 cm³/mol. The first-order chi connectivity index (χ1) is 12.6. The van der Waals surface area contributed by atoms with Gasteiger partial charge in [-0.15, -0.1) is 0 Å². The van der Waals surface area contributed by atoms with Crippen molar-refractivity contribution in [2.24, 2.45) is 0 Å². The van der Waals surface area contributed by atoms with E-state index in [2.05, 4.69) is 16.0 Å². The van der Waals surface area contributed by atoms with Gasteiger partial charge in [0.25, 0.3) is 0 Å². The molecule has 0 aromatic heterocycles. The van der Waals surface area contributed by atoms with E-state index in [0.29, 0.717) is 6.54 Å². The fourth-order valence-corrected chi connectivity index (χ4v) is 2.86. The maximum absolute atomic E-state index is 12.3. The van der Waals surface area contributed by atoms with Gasteiger partial charge in [-0.05, 0) is 52.3 Å². The highest BCUT2D eigenvalue weighted by molar-refractivity contribution is 5.94. The van der Waals surface area contributed by atoms with Crippen molar-refractivity contribution in [3.05, 3.63) is 28.8 Å². The van der Waals surface area contributed by atoms with Gasteiger partial charge in [-0.2, -0.15) is 0 Å². The summed E-state index contributed by atoms with van der Waals surface area (Å²) in [5.74, 6) is -0.697. The van der Waals surface area contributed by atoms with Gasteiger partial charge in [-0.1, -0.05) is 24.6 Å². The Hall–Kier alpha value is -2.41. The minimum atomic E-state index is -0.607. The Balaban J connectivity index is 2.49. The Morgan fingerprint density at radius 2 is 1.59 bits per heavy atom. The summed E-state index contributed by atoms with van der Waals surface area (Å²) in [6.07, 6.45) is 0.837. The molecule has 0 saturated heterocycles. The van der Waals surface area contributed by atoms with Crippen molar-refractivity contribution in [1.29, 1.82) is 0 Å². The number of aryl methyl sites for hydroxylation is 3. The zero-order chi connectivity index (χ0) is 20.6. The zero-order valence-electron chi connectivity index (χ0n) is 17.2. The van der Waals surface area contributed by atoms with Crippen LogP contribution in [-0.2, 0) is 14.4 Å². The van der Waals surface area contributed by atoms with E-state index in [-0.39, 0.29) is 30.8 Å². The number of carbonyl (C=O) groups excluding carboxylic acids is 3. The molecule has 150 valence electrons. The van der Waals surface area contributed by atoms with Crippen molar-refractivity contribution in [1.82, 2.24) is 15.5 Å². The van der Waals surface area contributed by atoms with Crippen molar-refractivity contribution in [2.75, 3.05) is 32.0 Å². The topological polar surface area (TPSA) is 90.5 Å². The number of nitrogens with zero attached hydrogens (tertiary/aromatic N) is 1. The molecule has 1 rings (SSSR count). The summed E-state index contributed by atoms with van der Waals surface area (Å²) < 4.78 is 0. The largest absolute Gasteiger partial charge is 0.354 e. The molecule has 0 fully saturated rings. The average molecular weight is 377 g/mol. The first-order valence-corrected chi connectivity index (χ1v) is 9.27. The average Bonchev–Trinajstić information content (AvgIpc) is 2.55. The number of benzene rings is 1. The first-order valence-electron chi connectivity index (χ1n) is 9.27. The van der Waals surface area contributed by atoms with E-state index in [1.807, 2.05) is 39.8 Å². The van der Waals surface area contributed by atoms with E-state index in [1.165, 1.54) is 0 Å². The molecule has 3 amide bonds. The molecule has 7 heteroatoms. The van der Waals surface area contributed by atoms with Gasteiger partial charge in [0, 0.05) is 12.2 Å². The highest BCUT2D eigenvalue weighted by atomic mass is 16.2. The third-order valence-corrected chi connectivity index (χ3v) is 4.09. The summed E-state index contributed by atoms with van der Waals surface area (Å²) in [6.45, 7) is 10.2. The lowest BCUT2D eigenvalue weighted by Crippen LogP contribution is -2.48. The lowest BCUT2D eigenvalue weighted by Gasteiger charge is -2.19. The summed E-state index contributed by atoms with van der Waals surface area (Å²) in [7, 11) is 1.69. The van der Waals surface area contributed by atoms with Gasteiger partial charge in [0.05, 0.1) is 13.1 Å². The van der Waals surface area contributed by atoms with Crippen LogP contribution < -0.4 is 16.0 Å². The molecule has 27 heavy (non-hydrogen) atoms. The van der Waals surface area contributed by atoms with Crippen molar-refractivity contribution >= 4 is 23.4 Å². The summed E-state index contributed by atoms with van der Waals surface area (Å²) in [6, 6.07) is 3.43. The second-order valence-electron chi connectivity index (χ2n) is 7.07. The summed E-state index contributed by atoms with van der Waals surface area (Å²) in [4.78, 5) is 37.8. The van der Waals surface area contributed by atoms with Crippen molar-refractivity contribution in [3.8, 4) is 0 Å². The molecule has 0 saturated carbocycles. The van der Waals surface area contributed by atoms with E-state index < -0.39 is 6.04 Å². The molecule has 0 bridgehead atoms. The van der Waals surface area contributed by atoms with Crippen molar-refractivity contribution in [3.63, 3.8) is 0 Å². The van der Waals surface area contributed by atoms with E-state index in [9.17, 15) is 14.4 Å². The Morgan fingerprint density at radius 3 is 2.15 bits per heavy atom. The first kappa shape index (κ1) is 22.6. The fourth-order valence-electron chi connectivity index (χ4n) is 2.86. The zero-order valence-corrected chi connectivity index (χ0v) is 17.2. The summed E-state index contributed by atoms with van der Waals surface area (Å²) >= 11 is 0. The molecule has 0 aliphatic heterocycles. The molecule has 1 aromatic rings. The van der Waals surface area contributed by atoms with E-state index in [1.54, 1.807) is 18.9 Å². The molecule has 3 N–H and O–H groups in total. The molecule has 0 aliphatic carbocycles. The molecule has 0 spiro atoms. The van der Waals surface area contributed by atoms with Gasteiger partial charge in [0.15, 0.2) is 0 Å². The Kier molecular flexibility index (Phi) is 8.94. The van der Waals surface area contributed by atoms with Crippen LogP contribution in [0.2, 0.25) is 0 Å². The summed E-state index contributed by atoms with van der Waals surface area (Å²) in [5, 5.41) is 8.29. The maximum Gasteiger partial charge on any atom is 0.242 e. The van der Waals surface area contributed by atoms with Crippen LogP contribution >= 0.6 is 0 Å². The van der Waals surface area contributed by atoms with Crippen molar-refractivity contribution in [2.45, 2.75) is 47.1 Å². The van der Waals surface area contributed by atoms with Crippen LogP contribution in [0.5, 0.6) is 0 Å².